The number of nitrogens with one attached hydrogen (secondary N) is 2. The van der Waals surface area contributed by atoms with E-state index < -0.39 is 0 Å². The van der Waals surface area contributed by atoms with Gasteiger partial charge in [0.1, 0.15) is 0 Å². The van der Waals surface area contributed by atoms with E-state index in [1.165, 1.54) is 5.56 Å². The molecule has 7 nitrogen and oxygen atoms in total. The quantitative estimate of drug-likeness (QED) is 0.462. The van der Waals surface area contributed by atoms with Crippen LogP contribution in [0.3, 0.4) is 0 Å². The topological polar surface area (TPSA) is 80.3 Å². The molecule has 0 spiro atoms. The van der Waals surface area contributed by atoms with Crippen LogP contribution in [0.2, 0.25) is 0 Å². The van der Waals surface area contributed by atoms with Gasteiger partial charge in [0, 0.05) is 32.9 Å². The monoisotopic (exact) mass is 318 g/mol. The average molecular weight is 318 g/mol. The van der Waals surface area contributed by atoms with Crippen molar-refractivity contribution in [1.82, 2.24) is 25.6 Å². The Balaban J connectivity index is 1.68. The fraction of sp³-hybridized carbons (Fsp3) is 0.562. The van der Waals surface area contributed by atoms with Gasteiger partial charge in [0.05, 0.1) is 18.4 Å². The standard InChI is InChI=1S/C16H26N6O/c1-12(2)15-8-14(23-21-15)10-19-16(17-3)18-7-5-6-13-9-20-22(4)11-13/h8-9,11-12H,5-7,10H2,1-4H3,(H2,17,18,19). The smallest absolute Gasteiger partial charge is 0.191 e. The van der Waals surface area contributed by atoms with Crippen molar-refractivity contribution in [2.24, 2.45) is 12.0 Å². The van der Waals surface area contributed by atoms with Crippen LogP contribution in [0, 0.1) is 0 Å². The van der Waals surface area contributed by atoms with E-state index in [1.54, 1.807) is 7.05 Å². The number of guanidine groups is 1. The lowest BCUT2D eigenvalue weighted by molar-refractivity contribution is 0.372. The van der Waals surface area contributed by atoms with Crippen molar-refractivity contribution >= 4 is 5.96 Å². The molecule has 2 N–H and O–H groups in total. The fourth-order valence-electron chi connectivity index (χ4n) is 2.18. The first-order valence-corrected chi connectivity index (χ1v) is 7.96. The Hall–Kier alpha value is -2.31. The first-order valence-electron chi connectivity index (χ1n) is 7.96. The first kappa shape index (κ1) is 17.1. The molecule has 0 fully saturated rings. The molecular formula is C16H26N6O. The van der Waals surface area contributed by atoms with E-state index in [1.807, 2.05) is 30.2 Å². The molecule has 2 aromatic heterocycles. The minimum atomic E-state index is 0.373. The van der Waals surface area contributed by atoms with Crippen LogP contribution >= 0.6 is 0 Å². The molecule has 126 valence electrons. The average Bonchev–Trinajstić information content (AvgIpc) is 3.15. The van der Waals surface area contributed by atoms with Crippen LogP contribution in [0.5, 0.6) is 0 Å². The van der Waals surface area contributed by atoms with Gasteiger partial charge >= 0.3 is 0 Å². The van der Waals surface area contributed by atoms with Crippen molar-refractivity contribution in [1.29, 1.82) is 0 Å². The third-order valence-electron chi connectivity index (χ3n) is 3.52. The predicted octanol–water partition coefficient (Wildman–Crippen LogP) is 1.83. The number of hydrogen-bond donors (Lipinski definition) is 2. The van der Waals surface area contributed by atoms with Gasteiger partial charge in [-0.2, -0.15) is 5.10 Å². The lowest BCUT2D eigenvalue weighted by Crippen LogP contribution is -2.37. The van der Waals surface area contributed by atoms with Gasteiger partial charge in [0.2, 0.25) is 0 Å². The summed E-state index contributed by atoms with van der Waals surface area (Å²) in [5.74, 6) is 1.95. The van der Waals surface area contributed by atoms with Gasteiger partial charge in [0.15, 0.2) is 11.7 Å². The summed E-state index contributed by atoms with van der Waals surface area (Å²) >= 11 is 0. The molecule has 0 bridgehead atoms. The summed E-state index contributed by atoms with van der Waals surface area (Å²) in [6.45, 7) is 5.61. The molecule has 0 aliphatic carbocycles. The Morgan fingerprint density at radius 3 is 2.83 bits per heavy atom. The van der Waals surface area contributed by atoms with Crippen LogP contribution in [-0.2, 0) is 20.0 Å². The Morgan fingerprint density at radius 2 is 2.22 bits per heavy atom. The lowest BCUT2D eigenvalue weighted by atomic mass is 10.1. The van der Waals surface area contributed by atoms with Crippen LogP contribution in [-0.4, -0.2) is 34.5 Å². The second-order valence-corrected chi connectivity index (χ2v) is 5.85. The highest BCUT2D eigenvalue weighted by Gasteiger charge is 2.08. The normalized spacial score (nSPS) is 12.0. The van der Waals surface area contributed by atoms with Crippen LogP contribution < -0.4 is 10.6 Å². The van der Waals surface area contributed by atoms with E-state index >= 15 is 0 Å². The molecule has 0 atom stereocenters. The van der Waals surface area contributed by atoms with Crippen LogP contribution in [0.15, 0.2) is 28.0 Å². The molecule has 0 radical (unpaired) electrons. The molecule has 0 aliphatic heterocycles. The minimum Gasteiger partial charge on any atom is -0.359 e. The molecule has 0 saturated heterocycles. The van der Waals surface area contributed by atoms with E-state index in [-0.39, 0.29) is 0 Å². The van der Waals surface area contributed by atoms with Crippen molar-refractivity contribution in [3.05, 3.63) is 35.5 Å². The number of aliphatic imine (C=N–C) groups is 1. The molecule has 2 aromatic rings. The summed E-state index contributed by atoms with van der Waals surface area (Å²) in [6.07, 6.45) is 5.97. The molecule has 7 heteroatoms. The Morgan fingerprint density at radius 1 is 1.39 bits per heavy atom. The summed E-state index contributed by atoms with van der Waals surface area (Å²) in [4.78, 5) is 4.21. The van der Waals surface area contributed by atoms with Gasteiger partial charge in [-0.25, -0.2) is 0 Å². The van der Waals surface area contributed by atoms with Crippen LogP contribution in [0.1, 0.15) is 43.2 Å². The SMILES string of the molecule is CN=C(NCCCc1cnn(C)c1)NCc1cc(C(C)C)no1. The maximum Gasteiger partial charge on any atom is 0.191 e. The van der Waals surface area contributed by atoms with E-state index in [0.717, 1.165) is 36.8 Å². The van der Waals surface area contributed by atoms with Crippen molar-refractivity contribution in [2.75, 3.05) is 13.6 Å². The largest absolute Gasteiger partial charge is 0.359 e. The Bertz CT molecular complexity index is 628. The second kappa shape index (κ2) is 8.36. The highest BCUT2D eigenvalue weighted by Crippen LogP contribution is 2.13. The highest BCUT2D eigenvalue weighted by atomic mass is 16.5. The number of rotatable bonds is 7. The van der Waals surface area contributed by atoms with Crippen molar-refractivity contribution in [3.8, 4) is 0 Å². The zero-order valence-electron chi connectivity index (χ0n) is 14.3. The number of nitrogens with zero attached hydrogens (tertiary/aromatic N) is 4. The van der Waals surface area contributed by atoms with Gasteiger partial charge in [-0.3, -0.25) is 9.67 Å². The molecule has 0 unspecified atom stereocenters. The molecule has 0 saturated carbocycles. The summed E-state index contributed by atoms with van der Waals surface area (Å²) in [6, 6.07) is 1.98. The number of aryl methyl sites for hydroxylation is 2. The maximum atomic E-state index is 5.30. The molecule has 23 heavy (non-hydrogen) atoms. The predicted molar refractivity (Wildman–Crippen MR) is 90.3 cm³/mol. The van der Waals surface area contributed by atoms with Gasteiger partial charge < -0.3 is 15.2 Å². The lowest BCUT2D eigenvalue weighted by Gasteiger charge is -2.10. The van der Waals surface area contributed by atoms with E-state index in [9.17, 15) is 0 Å². The third kappa shape index (κ3) is 5.43. The molecule has 0 amide bonds. The number of aromatic nitrogens is 3. The minimum absolute atomic E-state index is 0.373. The van der Waals surface area contributed by atoms with E-state index in [4.69, 9.17) is 4.52 Å². The Labute approximate surface area is 137 Å². The summed E-state index contributed by atoms with van der Waals surface area (Å²) in [5.41, 5.74) is 2.22. The molecule has 0 aliphatic rings. The van der Waals surface area contributed by atoms with E-state index in [0.29, 0.717) is 12.5 Å². The Kier molecular flexibility index (Phi) is 6.19. The van der Waals surface area contributed by atoms with Crippen molar-refractivity contribution in [2.45, 2.75) is 39.2 Å². The number of hydrogen-bond acceptors (Lipinski definition) is 4. The van der Waals surface area contributed by atoms with Gasteiger partial charge in [-0.15, -0.1) is 0 Å². The fourth-order valence-corrected chi connectivity index (χ4v) is 2.18. The zero-order chi connectivity index (χ0) is 16.7. The summed E-state index contributed by atoms with van der Waals surface area (Å²) in [7, 11) is 3.69. The van der Waals surface area contributed by atoms with E-state index in [2.05, 4.69) is 39.7 Å². The summed E-state index contributed by atoms with van der Waals surface area (Å²) in [5, 5.41) is 14.7. The second-order valence-electron chi connectivity index (χ2n) is 5.85. The first-order chi connectivity index (χ1) is 11.1. The van der Waals surface area contributed by atoms with Crippen LogP contribution in [0.4, 0.5) is 0 Å². The van der Waals surface area contributed by atoms with Gasteiger partial charge in [0.25, 0.3) is 0 Å². The van der Waals surface area contributed by atoms with Crippen molar-refractivity contribution in [3.63, 3.8) is 0 Å². The van der Waals surface area contributed by atoms with Crippen molar-refractivity contribution < 1.29 is 4.52 Å². The highest BCUT2D eigenvalue weighted by molar-refractivity contribution is 5.79. The zero-order valence-corrected chi connectivity index (χ0v) is 14.3. The molecule has 0 aromatic carbocycles. The third-order valence-corrected chi connectivity index (χ3v) is 3.52. The molecule has 2 rings (SSSR count). The van der Waals surface area contributed by atoms with Gasteiger partial charge in [-0.1, -0.05) is 19.0 Å². The summed E-state index contributed by atoms with van der Waals surface area (Å²) < 4.78 is 7.13. The molecule has 2 heterocycles. The molecular weight excluding hydrogens is 292 g/mol. The maximum absolute atomic E-state index is 5.30. The van der Waals surface area contributed by atoms with Gasteiger partial charge in [-0.05, 0) is 24.3 Å². The van der Waals surface area contributed by atoms with Crippen LogP contribution in [0.25, 0.3) is 0 Å².